The third-order valence-electron chi connectivity index (χ3n) is 1.97. The Hall–Kier alpha value is 0.500. The fraction of sp³-hybridized carbons (Fsp3) is 1.00. The van der Waals surface area contributed by atoms with Crippen LogP contribution in [0.1, 0.15) is 20.3 Å². The Bertz CT molecular complexity index is 227. The molecule has 0 N–H and O–H groups in total. The zero-order chi connectivity index (χ0) is 10.1. The molecule has 1 heterocycles. The molecule has 0 bridgehead atoms. The monoisotopic (exact) mass is 223 g/mol. The Balaban J connectivity index is 2.62. The maximum atomic E-state index is 11.9. The molecule has 0 aromatic rings. The van der Waals surface area contributed by atoms with Gasteiger partial charge in [0.1, 0.15) is 0 Å². The molecule has 13 heavy (non-hydrogen) atoms. The fourth-order valence-electron chi connectivity index (χ4n) is 1.40. The minimum Gasteiger partial charge on any atom is -0.318 e. The quantitative estimate of drug-likeness (QED) is 0.575. The van der Waals surface area contributed by atoms with Crippen LogP contribution in [-0.2, 0) is 9.09 Å². The zero-order valence-electron chi connectivity index (χ0n) is 8.49. The van der Waals surface area contributed by atoms with E-state index in [0.717, 1.165) is 13.0 Å². The van der Waals surface area contributed by atoms with Gasteiger partial charge in [0.15, 0.2) is 0 Å². The summed E-state index contributed by atoms with van der Waals surface area (Å²) in [6.45, 7) is 7.92. The summed E-state index contributed by atoms with van der Waals surface area (Å²) in [5, 5.41) is 0. The molecular weight excluding hydrogens is 205 g/mol. The zero-order valence-corrected chi connectivity index (χ0v) is 10.3. The third-order valence-corrected chi connectivity index (χ3v) is 4.15. The van der Waals surface area contributed by atoms with Gasteiger partial charge in [0, 0.05) is 24.5 Å². The van der Waals surface area contributed by atoms with E-state index in [2.05, 4.69) is 12.6 Å². The van der Waals surface area contributed by atoms with E-state index in [-0.39, 0.29) is 4.75 Å². The van der Waals surface area contributed by atoms with Crippen LogP contribution < -0.4 is 0 Å². The highest BCUT2D eigenvalue weighted by Gasteiger charge is 2.32. The van der Waals surface area contributed by atoms with E-state index in [9.17, 15) is 4.57 Å². The van der Waals surface area contributed by atoms with Crippen LogP contribution in [0.15, 0.2) is 0 Å². The van der Waals surface area contributed by atoms with E-state index in [1.54, 1.807) is 6.66 Å². The van der Waals surface area contributed by atoms with Crippen LogP contribution in [0.4, 0.5) is 0 Å². The maximum Gasteiger partial charge on any atom is 0.269 e. The highest BCUT2D eigenvalue weighted by Crippen LogP contribution is 2.50. The first-order valence-corrected chi connectivity index (χ1v) is 6.98. The Labute approximate surface area is 85.7 Å². The predicted octanol–water partition coefficient (Wildman–Crippen LogP) is 2.24. The summed E-state index contributed by atoms with van der Waals surface area (Å²) in [5.74, 6) is 0. The van der Waals surface area contributed by atoms with Crippen LogP contribution in [0.3, 0.4) is 0 Å². The second-order valence-electron chi connectivity index (χ2n) is 4.19. The molecule has 0 aromatic heterocycles. The summed E-state index contributed by atoms with van der Waals surface area (Å²) in [7, 11) is -2.51. The van der Waals surface area contributed by atoms with Crippen LogP contribution in [0.25, 0.3) is 0 Å². The van der Waals surface area contributed by atoms with Gasteiger partial charge in [-0.3, -0.25) is 4.57 Å². The number of nitrogens with zero attached hydrogens (tertiary/aromatic N) is 1. The second kappa shape index (κ2) is 3.93. The van der Waals surface area contributed by atoms with Crippen molar-refractivity contribution in [3.8, 4) is 0 Å². The second-order valence-corrected chi connectivity index (χ2v) is 7.83. The van der Waals surface area contributed by atoms with Gasteiger partial charge in [0.25, 0.3) is 7.52 Å². The van der Waals surface area contributed by atoms with Crippen molar-refractivity contribution in [2.45, 2.75) is 25.0 Å². The predicted molar refractivity (Wildman–Crippen MR) is 58.7 cm³/mol. The van der Waals surface area contributed by atoms with Gasteiger partial charge in [0.05, 0.1) is 6.61 Å². The van der Waals surface area contributed by atoms with Gasteiger partial charge in [-0.2, -0.15) is 12.6 Å². The van der Waals surface area contributed by atoms with E-state index in [4.69, 9.17) is 4.52 Å². The van der Waals surface area contributed by atoms with Crippen LogP contribution >= 0.6 is 20.1 Å². The molecule has 0 radical (unpaired) electrons. The molecule has 0 amide bonds. The van der Waals surface area contributed by atoms with Crippen molar-refractivity contribution < 1.29 is 9.09 Å². The standard InChI is InChI=1S/C8H18NO2PS/c1-8(2,13)7-9-5-4-6-11-12(9,3)10/h13H,4-7H2,1-3H3/t12-/m0/s1. The number of rotatable bonds is 2. The molecule has 0 spiro atoms. The molecule has 1 aliphatic rings. The van der Waals surface area contributed by atoms with Crippen molar-refractivity contribution in [1.29, 1.82) is 0 Å². The molecule has 78 valence electrons. The van der Waals surface area contributed by atoms with Gasteiger partial charge in [-0.15, -0.1) is 0 Å². The molecule has 0 aliphatic carbocycles. The van der Waals surface area contributed by atoms with Gasteiger partial charge < -0.3 is 4.52 Å². The Morgan fingerprint density at radius 2 is 2.23 bits per heavy atom. The van der Waals surface area contributed by atoms with Crippen molar-refractivity contribution in [2.24, 2.45) is 0 Å². The Morgan fingerprint density at radius 1 is 1.62 bits per heavy atom. The summed E-state index contributed by atoms with van der Waals surface area (Å²) in [5.41, 5.74) is 0. The largest absolute Gasteiger partial charge is 0.318 e. The normalized spacial score (nSPS) is 32.0. The van der Waals surface area contributed by atoms with Crippen molar-refractivity contribution in [3.05, 3.63) is 0 Å². The molecule has 0 unspecified atom stereocenters. The van der Waals surface area contributed by atoms with Gasteiger partial charge in [-0.1, -0.05) is 0 Å². The summed E-state index contributed by atoms with van der Waals surface area (Å²) < 4.78 is 19.0. The minimum atomic E-state index is -2.51. The van der Waals surface area contributed by atoms with Crippen LogP contribution in [0, 0.1) is 0 Å². The molecular formula is C8H18NO2PS. The number of thiol groups is 1. The molecule has 3 nitrogen and oxygen atoms in total. The molecule has 0 aromatic carbocycles. The lowest BCUT2D eigenvalue weighted by Crippen LogP contribution is -2.36. The first-order chi connectivity index (χ1) is 5.81. The third kappa shape index (κ3) is 3.62. The van der Waals surface area contributed by atoms with Crippen LogP contribution in [-0.4, -0.2) is 35.8 Å². The molecule has 1 saturated heterocycles. The highest BCUT2D eigenvalue weighted by atomic mass is 32.1. The van der Waals surface area contributed by atoms with Gasteiger partial charge in [0.2, 0.25) is 0 Å². The van der Waals surface area contributed by atoms with Crippen molar-refractivity contribution in [2.75, 3.05) is 26.4 Å². The maximum absolute atomic E-state index is 11.9. The van der Waals surface area contributed by atoms with Gasteiger partial charge in [-0.05, 0) is 20.3 Å². The van der Waals surface area contributed by atoms with Crippen LogP contribution in [0.5, 0.6) is 0 Å². The Kier molecular flexibility index (Phi) is 3.50. The smallest absolute Gasteiger partial charge is 0.269 e. The summed E-state index contributed by atoms with van der Waals surface area (Å²) in [6, 6.07) is 0. The molecule has 0 saturated carbocycles. The average molecular weight is 223 g/mol. The molecule has 1 atom stereocenters. The lowest BCUT2D eigenvalue weighted by Gasteiger charge is -2.36. The lowest BCUT2D eigenvalue weighted by molar-refractivity contribution is 0.205. The summed E-state index contributed by atoms with van der Waals surface area (Å²) in [4.78, 5) is 0. The summed E-state index contributed by atoms with van der Waals surface area (Å²) in [6.07, 6.45) is 0.960. The van der Waals surface area contributed by atoms with Gasteiger partial charge >= 0.3 is 0 Å². The molecule has 1 rings (SSSR count). The van der Waals surface area contributed by atoms with E-state index in [1.165, 1.54) is 0 Å². The topological polar surface area (TPSA) is 29.5 Å². The van der Waals surface area contributed by atoms with Crippen molar-refractivity contribution in [1.82, 2.24) is 4.67 Å². The lowest BCUT2D eigenvalue weighted by atomic mass is 10.2. The SMILES string of the molecule is CC(C)(S)CN1CCCO[P@]1(C)=O. The van der Waals surface area contributed by atoms with E-state index in [0.29, 0.717) is 13.2 Å². The van der Waals surface area contributed by atoms with E-state index < -0.39 is 7.52 Å². The molecule has 1 aliphatic heterocycles. The molecule has 1 fully saturated rings. The summed E-state index contributed by atoms with van der Waals surface area (Å²) >= 11 is 4.42. The fourth-order valence-corrected chi connectivity index (χ4v) is 3.43. The minimum absolute atomic E-state index is 0.119. The highest BCUT2D eigenvalue weighted by molar-refractivity contribution is 7.81. The van der Waals surface area contributed by atoms with Crippen LogP contribution in [0.2, 0.25) is 0 Å². The number of hydrogen-bond donors (Lipinski definition) is 1. The number of hydrogen-bond acceptors (Lipinski definition) is 3. The van der Waals surface area contributed by atoms with E-state index >= 15 is 0 Å². The first-order valence-electron chi connectivity index (χ1n) is 4.51. The van der Waals surface area contributed by atoms with E-state index in [1.807, 2.05) is 18.5 Å². The van der Waals surface area contributed by atoms with Crippen molar-refractivity contribution >= 4 is 20.1 Å². The molecule has 5 heteroatoms. The van der Waals surface area contributed by atoms with Crippen molar-refractivity contribution in [3.63, 3.8) is 0 Å². The average Bonchev–Trinajstić information content (AvgIpc) is 1.91. The first kappa shape index (κ1) is 11.6. The van der Waals surface area contributed by atoms with Gasteiger partial charge in [-0.25, -0.2) is 4.67 Å². The Morgan fingerprint density at radius 3 is 2.69 bits per heavy atom.